The maximum absolute atomic E-state index is 2.42. The van der Waals surface area contributed by atoms with E-state index in [1.165, 1.54) is 27.7 Å². The molecule has 0 aromatic heterocycles. The SMILES string of the molecule is C1=[Si]N(c2ccccc2)c2cc3ccccc3cc2C1. The average Bonchev–Trinajstić information content (AvgIpc) is 2.53. The first-order valence-electron chi connectivity index (χ1n) is 6.86. The summed E-state index contributed by atoms with van der Waals surface area (Å²) in [7, 11) is 0.717. The van der Waals surface area contributed by atoms with Crippen LogP contribution in [0.3, 0.4) is 0 Å². The van der Waals surface area contributed by atoms with E-state index in [9.17, 15) is 0 Å². The quantitative estimate of drug-likeness (QED) is 0.606. The molecule has 4 rings (SSSR count). The zero-order chi connectivity index (χ0) is 13.4. The molecule has 0 unspecified atom stereocenters. The van der Waals surface area contributed by atoms with Crippen molar-refractivity contribution in [3.05, 3.63) is 72.3 Å². The van der Waals surface area contributed by atoms with Gasteiger partial charge in [-0.2, -0.15) is 0 Å². The number of nitrogens with zero attached hydrogens (tertiary/aromatic N) is 1. The highest BCUT2D eigenvalue weighted by Crippen LogP contribution is 2.32. The Hall–Kier alpha value is -2.19. The summed E-state index contributed by atoms with van der Waals surface area (Å²) in [4.78, 5) is 0. The Balaban J connectivity index is 1.92. The van der Waals surface area contributed by atoms with Crippen LogP contribution in [0.1, 0.15) is 5.56 Å². The summed E-state index contributed by atoms with van der Waals surface area (Å²) in [5.74, 6) is 0. The summed E-state index contributed by atoms with van der Waals surface area (Å²) in [5.41, 5.74) is 6.43. The highest BCUT2D eigenvalue weighted by atomic mass is 28.2. The van der Waals surface area contributed by atoms with Gasteiger partial charge in [0.2, 0.25) is 0 Å². The summed E-state index contributed by atoms with van der Waals surface area (Å²) in [6, 6.07) is 23.9. The molecule has 0 spiro atoms. The van der Waals surface area contributed by atoms with Gasteiger partial charge >= 0.3 is 0 Å². The fourth-order valence-corrected chi connectivity index (χ4v) is 3.89. The van der Waals surface area contributed by atoms with Crippen LogP contribution < -0.4 is 4.57 Å². The number of hydrogen-bond donors (Lipinski definition) is 0. The lowest BCUT2D eigenvalue weighted by Crippen LogP contribution is -2.23. The second kappa shape index (κ2) is 4.73. The van der Waals surface area contributed by atoms with Gasteiger partial charge in [0.15, 0.2) is 9.29 Å². The molecule has 1 heterocycles. The van der Waals surface area contributed by atoms with Crippen LogP contribution in [-0.4, -0.2) is 15.0 Å². The van der Waals surface area contributed by atoms with E-state index < -0.39 is 0 Å². The van der Waals surface area contributed by atoms with Gasteiger partial charge in [-0.05, 0) is 47.0 Å². The molecule has 0 saturated carbocycles. The minimum absolute atomic E-state index is 0.717. The van der Waals surface area contributed by atoms with E-state index in [0.717, 1.165) is 6.42 Å². The van der Waals surface area contributed by atoms with Crippen molar-refractivity contribution in [2.45, 2.75) is 6.42 Å². The Bertz CT molecular complexity index is 793. The van der Waals surface area contributed by atoms with Crippen LogP contribution in [-0.2, 0) is 6.42 Å². The molecule has 95 valence electrons. The van der Waals surface area contributed by atoms with Crippen LogP contribution >= 0.6 is 0 Å². The first-order valence-corrected chi connectivity index (χ1v) is 7.89. The van der Waals surface area contributed by atoms with Crippen molar-refractivity contribution >= 4 is 37.1 Å². The van der Waals surface area contributed by atoms with Crippen LogP contribution in [0.4, 0.5) is 11.4 Å². The number of benzene rings is 3. The summed E-state index contributed by atoms with van der Waals surface area (Å²) in [6.45, 7) is 0. The Labute approximate surface area is 121 Å². The molecular weight excluding hydrogens is 258 g/mol. The van der Waals surface area contributed by atoms with Gasteiger partial charge in [-0.15, -0.1) is 0 Å². The molecule has 0 saturated heterocycles. The van der Waals surface area contributed by atoms with E-state index in [-0.39, 0.29) is 0 Å². The maximum Gasteiger partial charge on any atom is 0.161 e. The molecule has 0 N–H and O–H groups in total. The van der Waals surface area contributed by atoms with Crippen LogP contribution in [0, 0.1) is 0 Å². The van der Waals surface area contributed by atoms with Gasteiger partial charge < -0.3 is 4.57 Å². The lowest BCUT2D eigenvalue weighted by Gasteiger charge is -2.27. The van der Waals surface area contributed by atoms with Gasteiger partial charge in [0.25, 0.3) is 0 Å². The Kier molecular flexibility index (Phi) is 2.75. The predicted octanol–water partition coefficient (Wildman–Crippen LogP) is 3.96. The lowest BCUT2D eigenvalue weighted by molar-refractivity contribution is 1.30. The van der Waals surface area contributed by atoms with E-state index in [4.69, 9.17) is 0 Å². The van der Waals surface area contributed by atoms with Crippen LogP contribution in [0.5, 0.6) is 0 Å². The maximum atomic E-state index is 2.42. The third-order valence-corrected chi connectivity index (χ3v) is 4.89. The van der Waals surface area contributed by atoms with E-state index in [2.05, 4.69) is 77.0 Å². The minimum atomic E-state index is 0.717. The van der Waals surface area contributed by atoms with Crippen molar-refractivity contribution in [1.29, 1.82) is 0 Å². The molecule has 0 bridgehead atoms. The van der Waals surface area contributed by atoms with Crippen molar-refractivity contribution in [1.82, 2.24) is 0 Å². The Morgan fingerprint density at radius 1 is 0.800 bits per heavy atom. The fraction of sp³-hybridized carbons (Fsp3) is 0.0556. The molecule has 1 radical (unpaired) electrons. The minimum Gasteiger partial charge on any atom is -0.346 e. The molecule has 0 atom stereocenters. The zero-order valence-electron chi connectivity index (χ0n) is 11.1. The van der Waals surface area contributed by atoms with Gasteiger partial charge in [-0.1, -0.05) is 48.1 Å². The van der Waals surface area contributed by atoms with Crippen molar-refractivity contribution in [2.75, 3.05) is 4.57 Å². The number of rotatable bonds is 1. The molecule has 1 aliphatic rings. The number of anilines is 2. The first kappa shape index (κ1) is 11.6. The number of hydrogen-bond acceptors (Lipinski definition) is 1. The molecule has 0 aliphatic carbocycles. The summed E-state index contributed by atoms with van der Waals surface area (Å²) in [6.07, 6.45) is 1.07. The van der Waals surface area contributed by atoms with E-state index in [0.29, 0.717) is 9.29 Å². The van der Waals surface area contributed by atoms with E-state index in [1.807, 2.05) is 0 Å². The molecule has 0 amide bonds. The van der Waals surface area contributed by atoms with Crippen molar-refractivity contribution in [2.24, 2.45) is 0 Å². The standard InChI is InChI=1S/C18H14NSi/c1-2-8-17(9-3-1)19-18-13-15-7-5-4-6-14(15)12-16(18)10-11-20-19/h1-9,11-13H,10H2. The topological polar surface area (TPSA) is 3.24 Å². The molecule has 0 fully saturated rings. The molecular formula is C18H14NSi. The van der Waals surface area contributed by atoms with Gasteiger partial charge in [-0.25, -0.2) is 0 Å². The van der Waals surface area contributed by atoms with Crippen LogP contribution in [0.25, 0.3) is 10.8 Å². The molecule has 3 aromatic carbocycles. The monoisotopic (exact) mass is 272 g/mol. The van der Waals surface area contributed by atoms with Gasteiger partial charge in [-0.3, -0.25) is 0 Å². The third-order valence-electron chi connectivity index (χ3n) is 3.74. The van der Waals surface area contributed by atoms with Gasteiger partial charge in [0.05, 0.1) is 0 Å². The molecule has 1 aliphatic heterocycles. The first-order chi connectivity index (χ1) is 9.92. The lowest BCUT2D eigenvalue weighted by atomic mass is 10.0. The van der Waals surface area contributed by atoms with Crippen LogP contribution in [0.2, 0.25) is 0 Å². The molecule has 20 heavy (non-hydrogen) atoms. The molecule has 1 nitrogen and oxygen atoms in total. The van der Waals surface area contributed by atoms with Gasteiger partial charge in [0, 0.05) is 11.4 Å². The van der Waals surface area contributed by atoms with Crippen molar-refractivity contribution in [3.63, 3.8) is 0 Å². The summed E-state index contributed by atoms with van der Waals surface area (Å²) in [5, 5.41) is 2.65. The smallest absolute Gasteiger partial charge is 0.161 e. The van der Waals surface area contributed by atoms with E-state index >= 15 is 0 Å². The zero-order valence-corrected chi connectivity index (χ0v) is 12.1. The highest BCUT2D eigenvalue weighted by Gasteiger charge is 2.15. The number of para-hydroxylation sites is 1. The molecule has 3 aromatic rings. The normalized spacial score (nSPS) is 13.5. The summed E-state index contributed by atoms with van der Waals surface area (Å²) >= 11 is 0. The largest absolute Gasteiger partial charge is 0.346 e. The number of fused-ring (bicyclic) bond motifs is 2. The van der Waals surface area contributed by atoms with Crippen molar-refractivity contribution < 1.29 is 0 Å². The van der Waals surface area contributed by atoms with Gasteiger partial charge in [0.1, 0.15) is 0 Å². The van der Waals surface area contributed by atoms with Crippen LogP contribution in [0.15, 0.2) is 66.7 Å². The van der Waals surface area contributed by atoms with E-state index in [1.54, 1.807) is 0 Å². The highest BCUT2D eigenvalue weighted by molar-refractivity contribution is 6.54. The average molecular weight is 272 g/mol. The third kappa shape index (κ3) is 1.89. The fourth-order valence-electron chi connectivity index (χ4n) is 2.75. The predicted molar refractivity (Wildman–Crippen MR) is 88.1 cm³/mol. The summed E-state index contributed by atoms with van der Waals surface area (Å²) < 4.78 is 2.42. The Morgan fingerprint density at radius 2 is 1.50 bits per heavy atom. The second-order valence-corrected chi connectivity index (χ2v) is 6.15. The molecule has 2 heteroatoms. The second-order valence-electron chi connectivity index (χ2n) is 5.04. The Morgan fingerprint density at radius 3 is 2.30 bits per heavy atom. The van der Waals surface area contributed by atoms with Crippen molar-refractivity contribution in [3.8, 4) is 0 Å².